The number of ether oxygens (including phenoxy) is 1. The van der Waals surface area contributed by atoms with Crippen LogP contribution in [0.25, 0.3) is 16.5 Å². The summed E-state index contributed by atoms with van der Waals surface area (Å²) in [6.07, 6.45) is -4.55. The van der Waals surface area contributed by atoms with Crippen molar-refractivity contribution < 1.29 is 27.5 Å². The number of anilines is 1. The Labute approximate surface area is 184 Å². The number of benzene rings is 1. The predicted molar refractivity (Wildman–Crippen MR) is 114 cm³/mol. The summed E-state index contributed by atoms with van der Waals surface area (Å²) in [5.74, 6) is -1.15. The van der Waals surface area contributed by atoms with E-state index < -0.39 is 28.7 Å². The van der Waals surface area contributed by atoms with Crippen molar-refractivity contribution in [3.8, 4) is 5.69 Å². The molecule has 2 aromatic heterocycles. The Kier molecular flexibility index (Phi) is 6.14. The molecule has 0 saturated heterocycles. The maximum Gasteiger partial charge on any atom is 0.416 e. The Morgan fingerprint density at radius 3 is 2.31 bits per heavy atom. The fraction of sp³-hybridized carbons (Fsp3) is 0.333. The fourth-order valence-electron chi connectivity index (χ4n) is 2.75. The fourth-order valence-corrected chi connectivity index (χ4v) is 3.68. The molecular formula is C21H20F3N3O4S. The van der Waals surface area contributed by atoms with Gasteiger partial charge in [0.15, 0.2) is 5.69 Å². The van der Waals surface area contributed by atoms with Gasteiger partial charge in [-0.2, -0.15) is 23.0 Å². The lowest BCUT2D eigenvalue weighted by molar-refractivity contribution is -0.137. The second-order valence-corrected chi connectivity index (χ2v) is 8.77. The molecule has 170 valence electrons. The first-order valence-electron chi connectivity index (χ1n) is 9.55. The zero-order valence-electron chi connectivity index (χ0n) is 17.7. The van der Waals surface area contributed by atoms with E-state index in [0.717, 1.165) is 40.3 Å². The standard InChI is InChI=1S/C21H20F3N3O4S/c1-5-31-18(29)15-13-10-32-16(25-19(30)20(2,3)4)14(13)17(28)27(26-15)12-8-6-11(7-9-12)21(22,23)24/h6-10H,5H2,1-4H3,(H,25,30). The normalized spacial score (nSPS) is 12.1. The first kappa shape index (κ1) is 23.5. The number of aromatic nitrogens is 2. The van der Waals surface area contributed by atoms with Gasteiger partial charge in [0.05, 0.1) is 23.2 Å². The quantitative estimate of drug-likeness (QED) is 0.565. The highest BCUT2D eigenvalue weighted by Crippen LogP contribution is 2.33. The first-order valence-corrected chi connectivity index (χ1v) is 10.4. The molecule has 0 spiro atoms. The van der Waals surface area contributed by atoms with Crippen molar-refractivity contribution in [1.82, 2.24) is 9.78 Å². The van der Waals surface area contributed by atoms with Crippen molar-refractivity contribution >= 4 is 39.0 Å². The molecule has 1 amide bonds. The van der Waals surface area contributed by atoms with Crippen LogP contribution in [-0.2, 0) is 15.7 Å². The van der Waals surface area contributed by atoms with E-state index in [4.69, 9.17) is 4.74 Å². The second kappa shape index (κ2) is 8.38. The summed E-state index contributed by atoms with van der Waals surface area (Å²) < 4.78 is 44.6. The number of thiophene rings is 1. The second-order valence-electron chi connectivity index (χ2n) is 7.89. The number of hydrogen-bond acceptors (Lipinski definition) is 6. The van der Waals surface area contributed by atoms with Crippen LogP contribution in [0.5, 0.6) is 0 Å². The molecule has 0 fully saturated rings. The van der Waals surface area contributed by atoms with Gasteiger partial charge in [-0.3, -0.25) is 9.59 Å². The van der Waals surface area contributed by atoms with Crippen molar-refractivity contribution in [2.45, 2.75) is 33.9 Å². The van der Waals surface area contributed by atoms with Gasteiger partial charge in [0, 0.05) is 16.2 Å². The highest BCUT2D eigenvalue weighted by molar-refractivity contribution is 7.16. The van der Waals surface area contributed by atoms with Crippen LogP contribution >= 0.6 is 11.3 Å². The Hall–Kier alpha value is -3.21. The average Bonchev–Trinajstić information content (AvgIpc) is 3.11. The topological polar surface area (TPSA) is 90.3 Å². The summed E-state index contributed by atoms with van der Waals surface area (Å²) in [6, 6.07) is 3.79. The molecule has 11 heteroatoms. The molecule has 0 saturated carbocycles. The molecule has 1 N–H and O–H groups in total. The number of nitrogens with one attached hydrogen (secondary N) is 1. The Balaban J connectivity index is 2.24. The highest BCUT2D eigenvalue weighted by Gasteiger charge is 2.30. The van der Waals surface area contributed by atoms with E-state index in [1.165, 1.54) is 5.38 Å². The number of amides is 1. The Bertz CT molecular complexity index is 1240. The van der Waals surface area contributed by atoms with Gasteiger partial charge in [-0.15, -0.1) is 11.3 Å². The van der Waals surface area contributed by atoms with Gasteiger partial charge in [-0.05, 0) is 31.2 Å². The maximum atomic E-state index is 13.2. The number of fused-ring (bicyclic) bond motifs is 1. The molecule has 1 aromatic carbocycles. The summed E-state index contributed by atoms with van der Waals surface area (Å²) in [5, 5.41) is 8.67. The minimum Gasteiger partial charge on any atom is -0.461 e. The van der Waals surface area contributed by atoms with Gasteiger partial charge in [0.2, 0.25) is 5.91 Å². The Morgan fingerprint density at radius 1 is 1.16 bits per heavy atom. The van der Waals surface area contributed by atoms with Gasteiger partial charge in [0.1, 0.15) is 5.00 Å². The van der Waals surface area contributed by atoms with E-state index in [1.807, 2.05) is 0 Å². The smallest absolute Gasteiger partial charge is 0.416 e. The third-order valence-electron chi connectivity index (χ3n) is 4.47. The zero-order chi connectivity index (χ0) is 23.8. The number of nitrogens with zero attached hydrogens (tertiary/aromatic N) is 2. The zero-order valence-corrected chi connectivity index (χ0v) is 18.5. The lowest BCUT2D eigenvalue weighted by Gasteiger charge is -2.17. The highest BCUT2D eigenvalue weighted by atomic mass is 32.1. The average molecular weight is 467 g/mol. The van der Waals surface area contributed by atoms with E-state index in [-0.39, 0.29) is 39.7 Å². The van der Waals surface area contributed by atoms with Crippen molar-refractivity contribution in [2.75, 3.05) is 11.9 Å². The van der Waals surface area contributed by atoms with E-state index in [0.29, 0.717) is 0 Å². The molecule has 0 unspecified atom stereocenters. The molecule has 0 atom stereocenters. The van der Waals surface area contributed by atoms with E-state index in [9.17, 15) is 27.6 Å². The van der Waals surface area contributed by atoms with Crippen molar-refractivity contribution in [3.05, 3.63) is 51.3 Å². The number of halogens is 3. The van der Waals surface area contributed by atoms with E-state index in [1.54, 1.807) is 27.7 Å². The minimum atomic E-state index is -4.55. The monoisotopic (exact) mass is 467 g/mol. The van der Waals surface area contributed by atoms with Crippen LogP contribution in [0.4, 0.5) is 18.2 Å². The van der Waals surface area contributed by atoms with Crippen LogP contribution in [0, 0.1) is 5.41 Å². The van der Waals surface area contributed by atoms with Crippen LogP contribution < -0.4 is 10.9 Å². The number of hydrogen-bond donors (Lipinski definition) is 1. The summed E-state index contributed by atoms with van der Waals surface area (Å²) in [7, 11) is 0. The molecule has 0 radical (unpaired) electrons. The van der Waals surface area contributed by atoms with Gasteiger partial charge in [0.25, 0.3) is 5.56 Å². The van der Waals surface area contributed by atoms with Crippen LogP contribution in [0.2, 0.25) is 0 Å². The van der Waals surface area contributed by atoms with Gasteiger partial charge < -0.3 is 10.1 Å². The van der Waals surface area contributed by atoms with Gasteiger partial charge in [-0.1, -0.05) is 20.8 Å². The van der Waals surface area contributed by atoms with Gasteiger partial charge in [-0.25, -0.2) is 4.79 Å². The van der Waals surface area contributed by atoms with Crippen LogP contribution in [-0.4, -0.2) is 28.3 Å². The third kappa shape index (κ3) is 4.52. The van der Waals surface area contributed by atoms with Crippen LogP contribution in [0.3, 0.4) is 0 Å². The first-order chi connectivity index (χ1) is 14.8. The van der Waals surface area contributed by atoms with Crippen LogP contribution in [0.1, 0.15) is 43.7 Å². The number of alkyl halides is 3. The molecule has 3 aromatic rings. The molecule has 0 aliphatic carbocycles. The SMILES string of the molecule is CCOC(=O)c1nn(-c2ccc(C(F)(F)F)cc2)c(=O)c2c(NC(=O)C(C)(C)C)scc12. The molecular weight excluding hydrogens is 447 g/mol. The van der Waals surface area contributed by atoms with Crippen molar-refractivity contribution in [3.63, 3.8) is 0 Å². The molecule has 0 bridgehead atoms. The Morgan fingerprint density at radius 2 is 1.78 bits per heavy atom. The lowest BCUT2D eigenvalue weighted by Crippen LogP contribution is -2.29. The van der Waals surface area contributed by atoms with Crippen LogP contribution in [0.15, 0.2) is 34.4 Å². The molecule has 2 heterocycles. The maximum absolute atomic E-state index is 13.2. The number of esters is 1. The number of rotatable bonds is 4. The van der Waals surface area contributed by atoms with Gasteiger partial charge >= 0.3 is 12.1 Å². The molecule has 3 rings (SSSR count). The van der Waals surface area contributed by atoms with Crippen molar-refractivity contribution in [1.29, 1.82) is 0 Å². The van der Waals surface area contributed by atoms with E-state index >= 15 is 0 Å². The summed E-state index contributed by atoms with van der Waals surface area (Å²) in [5.41, 5.74) is -2.50. The number of carbonyl (C=O) groups is 2. The summed E-state index contributed by atoms with van der Waals surface area (Å²) >= 11 is 1.04. The number of carbonyl (C=O) groups excluding carboxylic acids is 2. The largest absolute Gasteiger partial charge is 0.461 e. The van der Waals surface area contributed by atoms with Crippen molar-refractivity contribution in [2.24, 2.45) is 5.41 Å². The third-order valence-corrected chi connectivity index (χ3v) is 5.36. The summed E-state index contributed by atoms with van der Waals surface area (Å²) in [6.45, 7) is 6.75. The molecule has 32 heavy (non-hydrogen) atoms. The molecule has 0 aliphatic heterocycles. The lowest BCUT2D eigenvalue weighted by atomic mass is 9.96. The minimum absolute atomic E-state index is 0.0190. The summed E-state index contributed by atoms with van der Waals surface area (Å²) in [4.78, 5) is 38.2. The molecule has 7 nitrogen and oxygen atoms in total. The predicted octanol–water partition coefficient (Wildman–Crippen LogP) is 4.63. The molecule has 0 aliphatic rings. The van der Waals surface area contributed by atoms with E-state index in [2.05, 4.69) is 10.4 Å².